The standard InChI is InChI=1S/C13H13F3N2O4/c1-2-3-8-20-11-17-18(12(19)21-11)9-4-6-10(7-5-9)22-13(14,15)16/h4-7H,2-3,8H2,1H3. The summed E-state index contributed by atoms with van der Waals surface area (Å²) < 4.78 is 50.7. The van der Waals surface area contributed by atoms with Crippen molar-refractivity contribution >= 4 is 0 Å². The van der Waals surface area contributed by atoms with Gasteiger partial charge in [-0.25, -0.2) is 4.79 Å². The van der Waals surface area contributed by atoms with E-state index in [1.807, 2.05) is 6.92 Å². The normalized spacial score (nSPS) is 11.5. The van der Waals surface area contributed by atoms with Crippen LogP contribution < -0.4 is 15.2 Å². The number of aromatic nitrogens is 2. The van der Waals surface area contributed by atoms with Crippen LogP contribution in [0.2, 0.25) is 0 Å². The van der Waals surface area contributed by atoms with Gasteiger partial charge in [0.25, 0.3) is 0 Å². The van der Waals surface area contributed by atoms with Gasteiger partial charge < -0.3 is 13.9 Å². The van der Waals surface area contributed by atoms with Crippen LogP contribution in [0.5, 0.6) is 11.8 Å². The van der Waals surface area contributed by atoms with Crippen molar-refractivity contribution in [3.63, 3.8) is 0 Å². The highest BCUT2D eigenvalue weighted by molar-refractivity contribution is 5.36. The lowest BCUT2D eigenvalue weighted by Crippen LogP contribution is -2.17. The van der Waals surface area contributed by atoms with Gasteiger partial charge in [0.2, 0.25) is 0 Å². The van der Waals surface area contributed by atoms with Crippen molar-refractivity contribution in [1.29, 1.82) is 0 Å². The maximum Gasteiger partial charge on any atom is 0.573 e. The molecule has 0 bridgehead atoms. The third-order valence-corrected chi connectivity index (χ3v) is 2.57. The monoisotopic (exact) mass is 318 g/mol. The number of rotatable bonds is 6. The second-order valence-corrected chi connectivity index (χ2v) is 4.29. The number of halogens is 3. The summed E-state index contributed by atoms with van der Waals surface area (Å²) in [5, 5.41) is 3.81. The smallest absolute Gasteiger partial charge is 0.449 e. The predicted octanol–water partition coefficient (Wildman–Crippen LogP) is 2.90. The minimum atomic E-state index is -4.77. The Morgan fingerprint density at radius 2 is 1.95 bits per heavy atom. The van der Waals surface area contributed by atoms with Crippen molar-refractivity contribution in [2.75, 3.05) is 6.61 Å². The molecule has 0 saturated carbocycles. The van der Waals surface area contributed by atoms with E-state index < -0.39 is 17.9 Å². The molecule has 1 heterocycles. The molecule has 2 rings (SSSR count). The fourth-order valence-corrected chi connectivity index (χ4v) is 1.58. The van der Waals surface area contributed by atoms with Crippen LogP contribution in [-0.2, 0) is 0 Å². The Balaban J connectivity index is 2.13. The lowest BCUT2D eigenvalue weighted by molar-refractivity contribution is -0.274. The Hall–Kier alpha value is -2.45. The molecule has 22 heavy (non-hydrogen) atoms. The third kappa shape index (κ3) is 4.27. The van der Waals surface area contributed by atoms with E-state index in [0.29, 0.717) is 6.61 Å². The van der Waals surface area contributed by atoms with Crippen LogP contribution in [-0.4, -0.2) is 22.7 Å². The highest BCUT2D eigenvalue weighted by Crippen LogP contribution is 2.23. The summed E-state index contributed by atoms with van der Waals surface area (Å²) >= 11 is 0. The van der Waals surface area contributed by atoms with Crippen LogP contribution in [0.15, 0.2) is 33.5 Å². The van der Waals surface area contributed by atoms with Gasteiger partial charge in [-0.3, -0.25) is 0 Å². The Bertz CT molecular complexity index is 661. The van der Waals surface area contributed by atoms with Crippen molar-refractivity contribution in [3.8, 4) is 17.5 Å². The van der Waals surface area contributed by atoms with Gasteiger partial charge in [-0.15, -0.1) is 13.2 Å². The molecule has 9 heteroatoms. The lowest BCUT2D eigenvalue weighted by atomic mass is 10.3. The largest absolute Gasteiger partial charge is 0.573 e. The van der Waals surface area contributed by atoms with Gasteiger partial charge in [-0.1, -0.05) is 18.4 Å². The van der Waals surface area contributed by atoms with Gasteiger partial charge in [0, 0.05) is 0 Å². The summed E-state index contributed by atoms with van der Waals surface area (Å²) in [5.41, 5.74) is 0.230. The highest BCUT2D eigenvalue weighted by Gasteiger charge is 2.31. The van der Waals surface area contributed by atoms with Crippen LogP contribution >= 0.6 is 0 Å². The zero-order valence-electron chi connectivity index (χ0n) is 11.6. The SMILES string of the molecule is CCCCOc1nn(-c2ccc(OC(F)(F)F)cc2)c(=O)o1. The molecule has 0 amide bonds. The van der Waals surface area contributed by atoms with Crippen LogP contribution in [0.1, 0.15) is 19.8 Å². The zero-order valence-corrected chi connectivity index (χ0v) is 11.6. The second-order valence-electron chi connectivity index (χ2n) is 4.29. The summed E-state index contributed by atoms with van der Waals surface area (Å²) in [6.45, 7) is 2.33. The number of unbranched alkanes of at least 4 members (excludes halogenated alkanes) is 1. The van der Waals surface area contributed by atoms with E-state index in [-0.39, 0.29) is 11.8 Å². The molecular formula is C13H13F3N2O4. The maximum absolute atomic E-state index is 12.1. The molecule has 6 nitrogen and oxygen atoms in total. The van der Waals surface area contributed by atoms with Gasteiger partial charge in [-0.05, 0) is 30.7 Å². The Labute approximate surface area is 123 Å². The van der Waals surface area contributed by atoms with Gasteiger partial charge in [-0.2, -0.15) is 4.68 Å². The Morgan fingerprint density at radius 1 is 1.27 bits per heavy atom. The van der Waals surface area contributed by atoms with Crippen molar-refractivity contribution in [3.05, 3.63) is 34.8 Å². The van der Waals surface area contributed by atoms with Gasteiger partial charge in [0.05, 0.1) is 12.3 Å². The molecule has 0 aliphatic rings. The van der Waals surface area contributed by atoms with E-state index in [9.17, 15) is 18.0 Å². The molecule has 0 fully saturated rings. The molecule has 0 atom stereocenters. The van der Waals surface area contributed by atoms with E-state index >= 15 is 0 Å². The molecule has 0 N–H and O–H groups in total. The molecule has 0 saturated heterocycles. The maximum atomic E-state index is 12.1. The number of ether oxygens (including phenoxy) is 2. The summed E-state index contributed by atoms with van der Waals surface area (Å²) in [5.74, 6) is -1.19. The molecule has 0 aliphatic carbocycles. The molecule has 0 unspecified atom stereocenters. The molecule has 2 aromatic rings. The predicted molar refractivity (Wildman–Crippen MR) is 69.2 cm³/mol. The van der Waals surface area contributed by atoms with E-state index in [1.54, 1.807) is 0 Å². The van der Waals surface area contributed by atoms with Crippen LogP contribution in [0.25, 0.3) is 5.69 Å². The second kappa shape index (κ2) is 6.54. The Morgan fingerprint density at radius 3 is 2.55 bits per heavy atom. The highest BCUT2D eigenvalue weighted by atomic mass is 19.4. The van der Waals surface area contributed by atoms with Crippen LogP contribution in [0, 0.1) is 0 Å². The molecular weight excluding hydrogens is 305 g/mol. The van der Waals surface area contributed by atoms with E-state index in [2.05, 4.69) is 9.84 Å². The first-order valence-electron chi connectivity index (χ1n) is 6.48. The molecule has 0 aliphatic heterocycles. The summed E-state index contributed by atoms with van der Waals surface area (Å²) in [6.07, 6.45) is -3.27. The zero-order chi connectivity index (χ0) is 16.2. The lowest BCUT2D eigenvalue weighted by Gasteiger charge is -2.08. The third-order valence-electron chi connectivity index (χ3n) is 2.57. The first kappa shape index (κ1) is 15.9. The number of benzene rings is 1. The summed E-state index contributed by atoms with van der Waals surface area (Å²) in [4.78, 5) is 11.6. The summed E-state index contributed by atoms with van der Waals surface area (Å²) in [6, 6.07) is 4.64. The molecule has 1 aromatic heterocycles. The fraction of sp³-hybridized carbons (Fsp3) is 0.385. The molecule has 120 valence electrons. The van der Waals surface area contributed by atoms with Crippen LogP contribution in [0.4, 0.5) is 13.2 Å². The first-order valence-corrected chi connectivity index (χ1v) is 6.48. The van der Waals surface area contributed by atoms with E-state index in [4.69, 9.17) is 9.15 Å². The molecule has 0 spiro atoms. The minimum Gasteiger partial charge on any atom is -0.449 e. The van der Waals surface area contributed by atoms with Crippen molar-refractivity contribution < 1.29 is 27.1 Å². The minimum absolute atomic E-state index is 0.186. The van der Waals surface area contributed by atoms with Crippen molar-refractivity contribution in [2.24, 2.45) is 0 Å². The van der Waals surface area contributed by atoms with Gasteiger partial charge in [0.15, 0.2) is 0 Å². The Kier molecular flexibility index (Phi) is 4.74. The number of hydrogen-bond acceptors (Lipinski definition) is 5. The number of hydrogen-bond donors (Lipinski definition) is 0. The fourth-order valence-electron chi connectivity index (χ4n) is 1.58. The van der Waals surface area contributed by atoms with Gasteiger partial charge >= 0.3 is 18.2 Å². The van der Waals surface area contributed by atoms with Crippen LogP contribution in [0.3, 0.4) is 0 Å². The summed E-state index contributed by atoms with van der Waals surface area (Å²) in [7, 11) is 0. The molecule has 0 radical (unpaired) electrons. The van der Waals surface area contributed by atoms with E-state index in [0.717, 1.165) is 29.7 Å². The van der Waals surface area contributed by atoms with Crippen molar-refractivity contribution in [1.82, 2.24) is 9.78 Å². The molecule has 1 aromatic carbocycles. The number of alkyl halides is 3. The number of nitrogens with zero attached hydrogens (tertiary/aromatic N) is 2. The quantitative estimate of drug-likeness (QED) is 0.766. The average Bonchev–Trinajstić information content (AvgIpc) is 2.79. The van der Waals surface area contributed by atoms with E-state index in [1.165, 1.54) is 12.1 Å². The first-order chi connectivity index (χ1) is 10.4. The average molecular weight is 318 g/mol. The topological polar surface area (TPSA) is 66.5 Å². The van der Waals surface area contributed by atoms with Gasteiger partial charge in [0.1, 0.15) is 5.75 Å². The van der Waals surface area contributed by atoms with Crippen molar-refractivity contribution in [2.45, 2.75) is 26.1 Å².